The number of hydrogen-bond acceptors (Lipinski definition) is 3. The van der Waals surface area contributed by atoms with E-state index in [0.29, 0.717) is 24.1 Å². The third-order valence-corrected chi connectivity index (χ3v) is 3.66. The standard InChI is InChI=1S/C13H15BrFNO3/c1-13(19-6-12(17)18)7-16(8-13)5-9-2-3-11(15)10(14)4-9/h2-4H,5-8H2,1H3,(H,17,18). The van der Waals surface area contributed by atoms with Crippen LogP contribution in [0.2, 0.25) is 0 Å². The minimum Gasteiger partial charge on any atom is -0.480 e. The second-order valence-corrected chi connectivity index (χ2v) is 5.88. The van der Waals surface area contributed by atoms with E-state index in [4.69, 9.17) is 9.84 Å². The molecule has 0 spiro atoms. The molecule has 4 nitrogen and oxygen atoms in total. The Morgan fingerprint density at radius 1 is 1.58 bits per heavy atom. The molecule has 0 aromatic heterocycles. The summed E-state index contributed by atoms with van der Waals surface area (Å²) in [6.07, 6.45) is 0. The number of aliphatic carboxylic acids is 1. The first-order valence-electron chi connectivity index (χ1n) is 5.90. The van der Waals surface area contributed by atoms with Crippen molar-refractivity contribution in [3.05, 3.63) is 34.1 Å². The quantitative estimate of drug-likeness (QED) is 0.899. The number of carbonyl (C=O) groups is 1. The predicted octanol–water partition coefficient (Wildman–Crippen LogP) is 2.26. The number of likely N-dealkylation sites (tertiary alicyclic amines) is 1. The van der Waals surface area contributed by atoms with E-state index in [1.807, 2.05) is 6.92 Å². The van der Waals surface area contributed by atoms with Crippen LogP contribution in [-0.4, -0.2) is 41.3 Å². The molecule has 0 atom stereocenters. The molecule has 0 saturated carbocycles. The van der Waals surface area contributed by atoms with Crippen LogP contribution in [0.4, 0.5) is 4.39 Å². The second kappa shape index (κ2) is 5.56. The summed E-state index contributed by atoms with van der Waals surface area (Å²) in [6.45, 7) is 3.68. The summed E-state index contributed by atoms with van der Waals surface area (Å²) in [5.74, 6) is -1.23. The van der Waals surface area contributed by atoms with E-state index in [9.17, 15) is 9.18 Å². The van der Waals surface area contributed by atoms with Gasteiger partial charge < -0.3 is 9.84 Å². The molecule has 1 aliphatic heterocycles. The Balaban J connectivity index is 1.84. The topological polar surface area (TPSA) is 49.8 Å². The molecule has 2 rings (SSSR count). The zero-order chi connectivity index (χ0) is 14.0. The summed E-state index contributed by atoms with van der Waals surface area (Å²) in [4.78, 5) is 12.6. The molecular formula is C13H15BrFNO3. The highest BCUT2D eigenvalue weighted by molar-refractivity contribution is 9.10. The van der Waals surface area contributed by atoms with Crippen molar-refractivity contribution in [3.8, 4) is 0 Å². The highest BCUT2D eigenvalue weighted by Crippen LogP contribution is 2.27. The molecular weight excluding hydrogens is 317 g/mol. The molecule has 6 heteroatoms. The van der Waals surface area contributed by atoms with E-state index in [1.165, 1.54) is 6.07 Å². The lowest BCUT2D eigenvalue weighted by molar-refractivity contribution is -0.165. The summed E-state index contributed by atoms with van der Waals surface area (Å²) >= 11 is 3.16. The fourth-order valence-electron chi connectivity index (χ4n) is 2.23. The Bertz CT molecular complexity index is 489. The molecule has 0 unspecified atom stereocenters. The van der Waals surface area contributed by atoms with E-state index in [2.05, 4.69) is 20.8 Å². The van der Waals surface area contributed by atoms with Gasteiger partial charge in [-0.1, -0.05) is 6.07 Å². The Morgan fingerprint density at radius 2 is 2.26 bits per heavy atom. The van der Waals surface area contributed by atoms with Crippen LogP contribution in [0.1, 0.15) is 12.5 Å². The van der Waals surface area contributed by atoms with Crippen LogP contribution >= 0.6 is 15.9 Å². The Labute approximate surface area is 119 Å². The van der Waals surface area contributed by atoms with Crippen molar-refractivity contribution in [2.24, 2.45) is 0 Å². The third kappa shape index (κ3) is 3.75. The predicted molar refractivity (Wildman–Crippen MR) is 71.4 cm³/mol. The van der Waals surface area contributed by atoms with Crippen molar-refractivity contribution in [2.75, 3.05) is 19.7 Å². The zero-order valence-corrected chi connectivity index (χ0v) is 12.1. The van der Waals surface area contributed by atoms with E-state index in [-0.39, 0.29) is 12.4 Å². The second-order valence-electron chi connectivity index (χ2n) is 5.03. The van der Waals surface area contributed by atoms with Crippen LogP contribution < -0.4 is 0 Å². The molecule has 1 aliphatic rings. The van der Waals surface area contributed by atoms with Crippen molar-refractivity contribution in [1.29, 1.82) is 0 Å². The van der Waals surface area contributed by atoms with Crippen molar-refractivity contribution < 1.29 is 19.0 Å². The molecule has 1 heterocycles. The maximum atomic E-state index is 13.1. The number of ether oxygens (including phenoxy) is 1. The summed E-state index contributed by atoms with van der Waals surface area (Å²) in [6, 6.07) is 4.93. The van der Waals surface area contributed by atoms with Gasteiger partial charge in [0.1, 0.15) is 12.4 Å². The monoisotopic (exact) mass is 331 g/mol. The van der Waals surface area contributed by atoms with Gasteiger partial charge in [0.15, 0.2) is 0 Å². The van der Waals surface area contributed by atoms with Crippen molar-refractivity contribution >= 4 is 21.9 Å². The third-order valence-electron chi connectivity index (χ3n) is 3.05. The van der Waals surface area contributed by atoms with Crippen LogP contribution in [0.15, 0.2) is 22.7 Å². The van der Waals surface area contributed by atoms with Crippen LogP contribution in [-0.2, 0) is 16.1 Å². The number of carboxylic acids is 1. The molecule has 1 saturated heterocycles. The first kappa shape index (κ1) is 14.4. The first-order valence-corrected chi connectivity index (χ1v) is 6.69. The highest BCUT2D eigenvalue weighted by Gasteiger charge is 2.39. The molecule has 0 bridgehead atoms. The van der Waals surface area contributed by atoms with Gasteiger partial charge in [-0.3, -0.25) is 4.90 Å². The van der Waals surface area contributed by atoms with Gasteiger partial charge in [-0.05, 0) is 40.5 Å². The molecule has 1 fully saturated rings. The average molecular weight is 332 g/mol. The summed E-state index contributed by atoms with van der Waals surface area (Å²) < 4.78 is 18.9. The van der Waals surface area contributed by atoms with E-state index in [1.54, 1.807) is 12.1 Å². The summed E-state index contributed by atoms with van der Waals surface area (Å²) in [5, 5.41) is 8.57. The fraction of sp³-hybridized carbons (Fsp3) is 0.462. The Kier molecular flexibility index (Phi) is 4.23. The van der Waals surface area contributed by atoms with Gasteiger partial charge in [-0.2, -0.15) is 0 Å². The van der Waals surface area contributed by atoms with Gasteiger partial charge in [0.2, 0.25) is 0 Å². The lowest BCUT2D eigenvalue weighted by Crippen LogP contribution is -2.61. The Morgan fingerprint density at radius 3 is 2.84 bits per heavy atom. The van der Waals surface area contributed by atoms with E-state index >= 15 is 0 Å². The molecule has 0 amide bonds. The van der Waals surface area contributed by atoms with Crippen LogP contribution in [0.25, 0.3) is 0 Å². The Hall–Kier alpha value is -0.980. The van der Waals surface area contributed by atoms with Gasteiger partial charge in [-0.25, -0.2) is 9.18 Å². The van der Waals surface area contributed by atoms with E-state index < -0.39 is 11.6 Å². The van der Waals surface area contributed by atoms with Crippen LogP contribution in [0, 0.1) is 5.82 Å². The van der Waals surface area contributed by atoms with Gasteiger partial charge in [-0.15, -0.1) is 0 Å². The van der Waals surface area contributed by atoms with E-state index in [0.717, 1.165) is 5.56 Å². The van der Waals surface area contributed by atoms with Gasteiger partial charge in [0.25, 0.3) is 0 Å². The van der Waals surface area contributed by atoms with Crippen molar-refractivity contribution in [3.63, 3.8) is 0 Å². The molecule has 19 heavy (non-hydrogen) atoms. The zero-order valence-electron chi connectivity index (χ0n) is 10.5. The van der Waals surface area contributed by atoms with Crippen LogP contribution in [0.3, 0.4) is 0 Å². The summed E-state index contributed by atoms with van der Waals surface area (Å²) in [5.41, 5.74) is 0.615. The average Bonchev–Trinajstić information content (AvgIpc) is 2.29. The maximum absolute atomic E-state index is 13.1. The number of hydrogen-bond donors (Lipinski definition) is 1. The number of halogens is 2. The van der Waals surface area contributed by atoms with Crippen molar-refractivity contribution in [2.45, 2.75) is 19.1 Å². The van der Waals surface area contributed by atoms with Gasteiger partial charge in [0.05, 0.1) is 10.1 Å². The normalized spacial score (nSPS) is 18.1. The van der Waals surface area contributed by atoms with Gasteiger partial charge in [0, 0.05) is 19.6 Å². The molecule has 1 aromatic rings. The van der Waals surface area contributed by atoms with Gasteiger partial charge >= 0.3 is 5.97 Å². The smallest absolute Gasteiger partial charge is 0.329 e. The summed E-state index contributed by atoms with van der Waals surface area (Å²) in [7, 11) is 0. The molecule has 1 N–H and O–H groups in total. The van der Waals surface area contributed by atoms with Crippen molar-refractivity contribution in [1.82, 2.24) is 4.90 Å². The minimum absolute atomic E-state index is 0.271. The number of rotatable bonds is 5. The lowest BCUT2D eigenvalue weighted by atomic mass is 9.95. The number of benzene rings is 1. The number of carboxylic acid groups (broad SMARTS) is 1. The SMILES string of the molecule is CC1(OCC(=O)O)CN(Cc2ccc(F)c(Br)c2)C1. The van der Waals surface area contributed by atoms with Crippen LogP contribution in [0.5, 0.6) is 0 Å². The molecule has 0 aliphatic carbocycles. The minimum atomic E-state index is -0.956. The highest BCUT2D eigenvalue weighted by atomic mass is 79.9. The largest absolute Gasteiger partial charge is 0.480 e. The first-order chi connectivity index (χ1) is 8.88. The number of nitrogens with zero attached hydrogens (tertiary/aromatic N) is 1. The molecule has 104 valence electrons. The fourth-order valence-corrected chi connectivity index (χ4v) is 2.66. The molecule has 1 aromatic carbocycles. The molecule has 0 radical (unpaired) electrons. The lowest BCUT2D eigenvalue weighted by Gasteiger charge is -2.47. The maximum Gasteiger partial charge on any atom is 0.329 e.